The topological polar surface area (TPSA) is 151 Å². The molecule has 3 aliphatic rings. The maximum Gasteiger partial charge on any atom is 0.315 e. The van der Waals surface area contributed by atoms with E-state index in [4.69, 9.17) is 5.73 Å². The molecule has 2 aliphatic carbocycles. The molecule has 1 unspecified atom stereocenters. The van der Waals surface area contributed by atoms with Crippen molar-refractivity contribution in [2.24, 2.45) is 17.1 Å². The second-order valence-electron chi connectivity index (χ2n) is 12.6. The number of carbonyl (C=O) groups is 5. The molecule has 0 aromatic rings. The first kappa shape index (κ1) is 31.2. The SMILES string of the molecule is CSCCC1(NC(=O)N[C@H](C(=O)N2CCC[C@H]2C(=O)NC(CC2CC2)C(=O)C(N)=O)C(C)(C)C)CCCCC1. The van der Waals surface area contributed by atoms with Crippen molar-refractivity contribution >= 4 is 41.3 Å². The average molecular weight is 566 g/mol. The number of thioether (sulfide) groups is 1. The van der Waals surface area contributed by atoms with Crippen LogP contribution in [0.15, 0.2) is 0 Å². The van der Waals surface area contributed by atoms with Crippen LogP contribution in [-0.2, 0) is 19.2 Å². The number of nitrogens with two attached hydrogens (primary N) is 1. The van der Waals surface area contributed by atoms with Gasteiger partial charge in [0.15, 0.2) is 0 Å². The van der Waals surface area contributed by atoms with Gasteiger partial charge in [-0.3, -0.25) is 19.2 Å². The largest absolute Gasteiger partial charge is 0.363 e. The van der Waals surface area contributed by atoms with Gasteiger partial charge in [-0.1, -0.05) is 52.9 Å². The van der Waals surface area contributed by atoms with Crippen LogP contribution in [0.3, 0.4) is 0 Å². The Bertz CT molecular complexity index is 926. The van der Waals surface area contributed by atoms with Gasteiger partial charge in [0, 0.05) is 12.1 Å². The first-order valence-electron chi connectivity index (χ1n) is 14.4. The molecule has 0 aromatic carbocycles. The van der Waals surface area contributed by atoms with E-state index in [1.54, 1.807) is 11.8 Å². The number of nitrogens with zero attached hydrogens (tertiary/aromatic N) is 1. The number of nitrogens with one attached hydrogen (secondary N) is 3. The number of amides is 5. The quantitative estimate of drug-likeness (QED) is 0.267. The average Bonchev–Trinajstić information content (AvgIpc) is 3.55. The summed E-state index contributed by atoms with van der Waals surface area (Å²) in [6, 6.07) is -2.96. The molecule has 10 nitrogen and oxygen atoms in total. The van der Waals surface area contributed by atoms with Crippen LogP contribution in [0.4, 0.5) is 4.79 Å². The normalized spacial score (nSPS) is 22.5. The highest BCUT2D eigenvalue weighted by Crippen LogP contribution is 2.34. The van der Waals surface area contributed by atoms with Crippen molar-refractivity contribution < 1.29 is 24.0 Å². The lowest BCUT2D eigenvalue weighted by atomic mass is 9.79. The number of hydrogen-bond acceptors (Lipinski definition) is 6. The highest BCUT2D eigenvalue weighted by Gasteiger charge is 2.44. The van der Waals surface area contributed by atoms with E-state index in [9.17, 15) is 24.0 Å². The molecule has 0 spiro atoms. The standard InChI is InChI=1S/C28H47N5O5S/c1-27(2,3)22(31-26(38)32-28(14-16-39-4)12-6-5-7-13-28)25(37)33-15-8-9-20(33)24(36)30-19(17-18-10-11-18)21(34)23(29)35/h18-20,22H,5-17H2,1-4H3,(H2,29,35)(H,30,36)(H2,31,32,38)/t19?,20-,22+/m0/s1. The lowest BCUT2D eigenvalue weighted by Crippen LogP contribution is -2.62. The predicted molar refractivity (Wildman–Crippen MR) is 152 cm³/mol. The van der Waals surface area contributed by atoms with E-state index in [2.05, 4.69) is 22.2 Å². The van der Waals surface area contributed by atoms with Crippen LogP contribution in [0.5, 0.6) is 0 Å². The number of hydrogen-bond donors (Lipinski definition) is 4. The predicted octanol–water partition coefficient (Wildman–Crippen LogP) is 2.49. The second kappa shape index (κ2) is 13.4. The van der Waals surface area contributed by atoms with Gasteiger partial charge in [-0.15, -0.1) is 0 Å². The summed E-state index contributed by atoms with van der Waals surface area (Å²) < 4.78 is 0. The zero-order valence-electron chi connectivity index (χ0n) is 24.0. The van der Waals surface area contributed by atoms with E-state index in [1.807, 2.05) is 20.8 Å². The summed E-state index contributed by atoms with van der Waals surface area (Å²) >= 11 is 1.76. The van der Waals surface area contributed by atoms with E-state index in [0.717, 1.165) is 50.7 Å². The van der Waals surface area contributed by atoms with Crippen molar-refractivity contribution in [3.63, 3.8) is 0 Å². The van der Waals surface area contributed by atoms with Crippen LogP contribution in [-0.4, -0.2) is 76.7 Å². The Labute approximate surface area is 236 Å². The molecule has 5 N–H and O–H groups in total. The van der Waals surface area contributed by atoms with Crippen LogP contribution in [0, 0.1) is 11.3 Å². The molecule has 0 bridgehead atoms. The van der Waals surface area contributed by atoms with E-state index in [1.165, 1.54) is 11.3 Å². The highest BCUT2D eigenvalue weighted by atomic mass is 32.2. The van der Waals surface area contributed by atoms with Crippen LogP contribution < -0.4 is 21.7 Å². The van der Waals surface area contributed by atoms with Gasteiger partial charge in [-0.2, -0.15) is 11.8 Å². The molecule has 1 aliphatic heterocycles. The van der Waals surface area contributed by atoms with Crippen molar-refractivity contribution in [1.82, 2.24) is 20.9 Å². The molecule has 3 rings (SSSR count). The lowest BCUT2D eigenvalue weighted by Gasteiger charge is -2.40. The smallest absolute Gasteiger partial charge is 0.315 e. The minimum absolute atomic E-state index is 0.267. The van der Waals surface area contributed by atoms with Crippen molar-refractivity contribution in [2.45, 2.75) is 115 Å². The van der Waals surface area contributed by atoms with Gasteiger partial charge in [0.25, 0.3) is 5.91 Å². The fourth-order valence-electron chi connectivity index (χ4n) is 5.85. The Hall–Kier alpha value is -2.30. The minimum atomic E-state index is -1.07. The summed E-state index contributed by atoms with van der Waals surface area (Å²) in [4.78, 5) is 65.9. The van der Waals surface area contributed by atoms with E-state index in [0.29, 0.717) is 25.8 Å². The number of primary amides is 1. The van der Waals surface area contributed by atoms with Crippen molar-refractivity contribution in [3.05, 3.63) is 0 Å². The van der Waals surface area contributed by atoms with Crippen molar-refractivity contribution in [1.29, 1.82) is 0 Å². The summed E-state index contributed by atoms with van der Waals surface area (Å²) in [5.41, 5.74) is 4.35. The van der Waals surface area contributed by atoms with Crippen molar-refractivity contribution in [2.75, 3.05) is 18.6 Å². The molecule has 11 heteroatoms. The maximum absolute atomic E-state index is 13.9. The highest BCUT2D eigenvalue weighted by molar-refractivity contribution is 7.98. The molecule has 39 heavy (non-hydrogen) atoms. The van der Waals surface area contributed by atoms with E-state index >= 15 is 0 Å². The monoisotopic (exact) mass is 565 g/mol. The maximum atomic E-state index is 13.9. The Morgan fingerprint density at radius 1 is 1.00 bits per heavy atom. The second-order valence-corrected chi connectivity index (χ2v) is 13.6. The first-order valence-corrected chi connectivity index (χ1v) is 15.8. The van der Waals surface area contributed by atoms with Gasteiger partial charge in [-0.05, 0) is 61.9 Å². The molecule has 1 saturated heterocycles. The van der Waals surface area contributed by atoms with Gasteiger partial charge >= 0.3 is 6.03 Å². The number of carbonyl (C=O) groups excluding carboxylic acids is 5. The fourth-order valence-corrected chi connectivity index (χ4v) is 6.44. The Morgan fingerprint density at radius 3 is 2.23 bits per heavy atom. The van der Waals surface area contributed by atoms with Crippen LogP contribution in [0.1, 0.15) is 91.4 Å². The summed E-state index contributed by atoms with van der Waals surface area (Å²) in [7, 11) is 0. The number of rotatable bonds is 12. The zero-order chi connectivity index (χ0) is 28.8. The lowest BCUT2D eigenvalue weighted by molar-refractivity contribution is -0.143. The molecule has 0 aromatic heterocycles. The molecule has 3 atom stereocenters. The van der Waals surface area contributed by atoms with Crippen LogP contribution in [0.25, 0.3) is 0 Å². The third kappa shape index (κ3) is 8.59. The van der Waals surface area contributed by atoms with Gasteiger partial charge in [-0.25, -0.2) is 4.79 Å². The third-order valence-electron chi connectivity index (χ3n) is 8.34. The molecule has 1 heterocycles. The van der Waals surface area contributed by atoms with Gasteiger partial charge in [0.2, 0.25) is 17.6 Å². The van der Waals surface area contributed by atoms with Crippen LogP contribution in [0.2, 0.25) is 0 Å². The van der Waals surface area contributed by atoms with Crippen molar-refractivity contribution in [3.8, 4) is 0 Å². The van der Waals surface area contributed by atoms with E-state index < -0.39 is 41.1 Å². The molecule has 3 fully saturated rings. The van der Waals surface area contributed by atoms with E-state index in [-0.39, 0.29) is 23.4 Å². The number of likely N-dealkylation sites (tertiary alicyclic amines) is 1. The summed E-state index contributed by atoms with van der Waals surface area (Å²) in [6.45, 7) is 6.05. The molecule has 0 radical (unpaired) electrons. The molecular formula is C28H47N5O5S. The van der Waals surface area contributed by atoms with Crippen LogP contribution >= 0.6 is 11.8 Å². The summed E-state index contributed by atoms with van der Waals surface area (Å²) in [6.07, 6.45) is 11.4. The van der Waals surface area contributed by atoms with Gasteiger partial charge in [0.1, 0.15) is 12.1 Å². The molecule has 220 valence electrons. The molecule has 2 saturated carbocycles. The fraction of sp³-hybridized carbons (Fsp3) is 0.821. The number of Topliss-reactive ketones (excluding diaryl/α,β-unsaturated/α-hetero) is 1. The Balaban J connectivity index is 1.70. The third-order valence-corrected chi connectivity index (χ3v) is 8.96. The number of ketones is 1. The van der Waals surface area contributed by atoms with Gasteiger partial charge < -0.3 is 26.6 Å². The Kier molecular flexibility index (Phi) is 10.7. The Morgan fingerprint density at radius 2 is 1.67 bits per heavy atom. The minimum Gasteiger partial charge on any atom is -0.363 e. The molecule has 5 amide bonds. The number of urea groups is 1. The molecular weight excluding hydrogens is 518 g/mol. The zero-order valence-corrected chi connectivity index (χ0v) is 24.8. The summed E-state index contributed by atoms with van der Waals surface area (Å²) in [5, 5.41) is 8.89. The van der Waals surface area contributed by atoms with Gasteiger partial charge in [0.05, 0.1) is 6.04 Å². The first-order chi connectivity index (χ1) is 18.4. The summed E-state index contributed by atoms with van der Waals surface area (Å²) in [5.74, 6) is -1.43.